The fourth-order valence-corrected chi connectivity index (χ4v) is 4.20. The fourth-order valence-electron chi connectivity index (χ4n) is 4.20. The number of hydrogen-bond acceptors (Lipinski definition) is 4. The maximum atomic E-state index is 12.3. The molecule has 136 valence electrons. The van der Waals surface area contributed by atoms with E-state index >= 15 is 0 Å². The minimum atomic E-state index is -0.324. The van der Waals surface area contributed by atoms with Crippen LogP contribution in [0.25, 0.3) is 0 Å². The average Bonchev–Trinajstić information content (AvgIpc) is 2.69. The van der Waals surface area contributed by atoms with Gasteiger partial charge in [-0.1, -0.05) is 25.1 Å². The van der Waals surface area contributed by atoms with Gasteiger partial charge >= 0.3 is 5.97 Å². The van der Waals surface area contributed by atoms with E-state index in [1.807, 2.05) is 36.4 Å². The molecule has 4 rings (SSSR count). The SMILES string of the molecule is CCCN1CCC[C@@H]2c3cc(OC(=O)c4ccccc4)ccc3OC[C@H]21. The third-order valence-electron chi connectivity index (χ3n) is 5.42. The van der Waals surface area contributed by atoms with E-state index in [1.165, 1.54) is 12.0 Å². The van der Waals surface area contributed by atoms with Crippen LogP contribution in [0, 0.1) is 0 Å². The Hall–Kier alpha value is -2.33. The quantitative estimate of drug-likeness (QED) is 0.609. The zero-order valence-electron chi connectivity index (χ0n) is 15.2. The maximum absolute atomic E-state index is 12.3. The van der Waals surface area contributed by atoms with E-state index in [1.54, 1.807) is 12.1 Å². The minimum Gasteiger partial charge on any atom is -0.492 e. The molecule has 0 amide bonds. The summed E-state index contributed by atoms with van der Waals surface area (Å²) in [6.45, 7) is 5.24. The van der Waals surface area contributed by atoms with Gasteiger partial charge in [-0.05, 0) is 62.7 Å². The van der Waals surface area contributed by atoms with Crippen LogP contribution in [0.3, 0.4) is 0 Å². The third kappa shape index (κ3) is 3.34. The van der Waals surface area contributed by atoms with Crippen LogP contribution in [-0.2, 0) is 0 Å². The van der Waals surface area contributed by atoms with Crippen molar-refractivity contribution in [1.29, 1.82) is 0 Å². The van der Waals surface area contributed by atoms with Crippen molar-refractivity contribution in [2.24, 2.45) is 0 Å². The summed E-state index contributed by atoms with van der Waals surface area (Å²) in [6, 6.07) is 15.3. The number of piperidine rings is 1. The number of hydrogen-bond donors (Lipinski definition) is 0. The summed E-state index contributed by atoms with van der Waals surface area (Å²) >= 11 is 0. The van der Waals surface area contributed by atoms with Crippen molar-refractivity contribution in [2.75, 3.05) is 19.7 Å². The average molecular weight is 351 g/mol. The first-order chi connectivity index (χ1) is 12.8. The van der Waals surface area contributed by atoms with Gasteiger partial charge < -0.3 is 9.47 Å². The first kappa shape index (κ1) is 17.1. The van der Waals surface area contributed by atoms with Crippen LogP contribution >= 0.6 is 0 Å². The molecule has 0 bridgehead atoms. The fraction of sp³-hybridized carbons (Fsp3) is 0.409. The maximum Gasteiger partial charge on any atom is 0.343 e. The van der Waals surface area contributed by atoms with Crippen LogP contribution in [-0.4, -0.2) is 36.6 Å². The van der Waals surface area contributed by atoms with Crippen molar-refractivity contribution >= 4 is 5.97 Å². The number of carbonyl (C=O) groups is 1. The lowest BCUT2D eigenvalue weighted by Gasteiger charge is -2.44. The van der Waals surface area contributed by atoms with Gasteiger partial charge in [-0.25, -0.2) is 4.79 Å². The Labute approximate surface area is 154 Å². The van der Waals surface area contributed by atoms with Crippen molar-refractivity contribution in [3.05, 3.63) is 59.7 Å². The van der Waals surface area contributed by atoms with Gasteiger partial charge in [-0.2, -0.15) is 0 Å². The van der Waals surface area contributed by atoms with E-state index in [9.17, 15) is 4.79 Å². The van der Waals surface area contributed by atoms with Gasteiger partial charge in [0.05, 0.1) is 11.6 Å². The smallest absolute Gasteiger partial charge is 0.343 e. The van der Waals surface area contributed by atoms with E-state index < -0.39 is 0 Å². The number of rotatable bonds is 4. The molecular weight excluding hydrogens is 326 g/mol. The van der Waals surface area contributed by atoms with Gasteiger partial charge in [0, 0.05) is 11.5 Å². The number of fused-ring (bicyclic) bond motifs is 3. The van der Waals surface area contributed by atoms with Gasteiger partial charge in [-0.3, -0.25) is 4.90 Å². The van der Waals surface area contributed by atoms with Crippen LogP contribution in [0.15, 0.2) is 48.5 Å². The molecule has 0 N–H and O–H groups in total. The Balaban J connectivity index is 1.56. The highest BCUT2D eigenvalue weighted by Crippen LogP contribution is 2.42. The molecule has 0 aliphatic carbocycles. The minimum absolute atomic E-state index is 0.324. The van der Waals surface area contributed by atoms with Crippen molar-refractivity contribution < 1.29 is 14.3 Å². The van der Waals surface area contributed by atoms with E-state index in [0.29, 0.717) is 23.3 Å². The molecule has 4 nitrogen and oxygen atoms in total. The number of nitrogens with zero attached hydrogens (tertiary/aromatic N) is 1. The molecule has 0 unspecified atom stereocenters. The first-order valence-electron chi connectivity index (χ1n) is 9.54. The number of ether oxygens (including phenoxy) is 2. The Morgan fingerprint density at radius 2 is 2.08 bits per heavy atom. The van der Waals surface area contributed by atoms with Gasteiger partial charge in [0.15, 0.2) is 0 Å². The van der Waals surface area contributed by atoms with Crippen LogP contribution in [0.4, 0.5) is 0 Å². The van der Waals surface area contributed by atoms with Crippen LogP contribution < -0.4 is 9.47 Å². The van der Waals surface area contributed by atoms with Crippen molar-refractivity contribution in [2.45, 2.75) is 38.1 Å². The molecule has 1 fully saturated rings. The molecule has 2 atom stereocenters. The van der Waals surface area contributed by atoms with Crippen LogP contribution in [0.2, 0.25) is 0 Å². The molecule has 2 heterocycles. The summed E-state index contributed by atoms with van der Waals surface area (Å²) in [7, 11) is 0. The molecule has 2 aromatic carbocycles. The van der Waals surface area contributed by atoms with Gasteiger partial charge in [0.2, 0.25) is 0 Å². The summed E-state index contributed by atoms with van der Waals surface area (Å²) in [5.74, 6) is 1.66. The van der Waals surface area contributed by atoms with Crippen molar-refractivity contribution in [3.8, 4) is 11.5 Å². The summed E-state index contributed by atoms with van der Waals surface area (Å²) in [4.78, 5) is 14.9. The van der Waals surface area contributed by atoms with E-state index in [4.69, 9.17) is 9.47 Å². The lowest BCUT2D eigenvalue weighted by atomic mass is 9.81. The molecule has 26 heavy (non-hydrogen) atoms. The van der Waals surface area contributed by atoms with Gasteiger partial charge in [0.25, 0.3) is 0 Å². The molecule has 2 aliphatic heterocycles. The van der Waals surface area contributed by atoms with Crippen molar-refractivity contribution in [1.82, 2.24) is 4.90 Å². The standard InChI is InChI=1S/C22H25NO3/c1-2-12-23-13-6-9-18-19-14-17(10-11-21(19)25-15-20(18)23)26-22(24)16-7-4-3-5-8-16/h3-5,7-8,10-11,14,18,20H,2,6,9,12-13,15H2,1H3/t18-,20-/m1/s1. The van der Waals surface area contributed by atoms with Crippen molar-refractivity contribution in [3.63, 3.8) is 0 Å². The predicted octanol–water partition coefficient (Wildman–Crippen LogP) is 4.26. The Morgan fingerprint density at radius 1 is 1.23 bits per heavy atom. The van der Waals surface area contributed by atoms with Crippen LogP contribution in [0.1, 0.15) is 48.0 Å². The summed E-state index contributed by atoms with van der Waals surface area (Å²) in [5, 5.41) is 0. The normalized spacial score (nSPS) is 22.0. The van der Waals surface area contributed by atoms with Gasteiger partial charge in [-0.15, -0.1) is 0 Å². The van der Waals surface area contributed by atoms with Gasteiger partial charge in [0.1, 0.15) is 18.1 Å². The number of esters is 1. The second-order valence-electron chi connectivity index (χ2n) is 7.12. The Bertz CT molecular complexity index is 772. The summed E-state index contributed by atoms with van der Waals surface area (Å²) < 4.78 is 11.6. The van der Waals surface area contributed by atoms with E-state index in [0.717, 1.165) is 38.3 Å². The highest BCUT2D eigenvalue weighted by atomic mass is 16.5. The summed E-state index contributed by atoms with van der Waals surface area (Å²) in [5.41, 5.74) is 1.74. The molecule has 0 spiro atoms. The van der Waals surface area contributed by atoms with E-state index in [-0.39, 0.29) is 5.97 Å². The second kappa shape index (κ2) is 7.50. The van der Waals surface area contributed by atoms with E-state index in [2.05, 4.69) is 11.8 Å². The predicted molar refractivity (Wildman–Crippen MR) is 101 cm³/mol. The number of likely N-dealkylation sites (tertiary alicyclic amines) is 1. The molecule has 0 radical (unpaired) electrons. The lowest BCUT2D eigenvalue weighted by Crippen LogP contribution is -2.49. The Kier molecular flexibility index (Phi) is 4.93. The summed E-state index contributed by atoms with van der Waals surface area (Å²) in [6.07, 6.45) is 3.52. The highest BCUT2D eigenvalue weighted by molar-refractivity contribution is 5.91. The Morgan fingerprint density at radius 3 is 2.88 bits per heavy atom. The molecule has 0 saturated carbocycles. The zero-order chi connectivity index (χ0) is 17.9. The largest absolute Gasteiger partial charge is 0.492 e. The van der Waals surface area contributed by atoms with Crippen LogP contribution in [0.5, 0.6) is 11.5 Å². The highest BCUT2D eigenvalue weighted by Gasteiger charge is 2.37. The molecule has 0 aromatic heterocycles. The molecule has 4 heteroatoms. The monoisotopic (exact) mass is 351 g/mol. The zero-order valence-corrected chi connectivity index (χ0v) is 15.2. The number of carbonyl (C=O) groups excluding carboxylic acids is 1. The molecular formula is C22H25NO3. The molecule has 2 aromatic rings. The molecule has 1 saturated heterocycles. The first-order valence-corrected chi connectivity index (χ1v) is 9.54. The third-order valence-corrected chi connectivity index (χ3v) is 5.42. The second-order valence-corrected chi connectivity index (χ2v) is 7.12. The number of benzene rings is 2. The lowest BCUT2D eigenvalue weighted by molar-refractivity contribution is 0.0651. The topological polar surface area (TPSA) is 38.8 Å². The molecule has 2 aliphatic rings.